The first-order valence-electron chi connectivity index (χ1n) is 13.0. The van der Waals surface area contributed by atoms with Gasteiger partial charge < -0.3 is 4.57 Å². The lowest BCUT2D eigenvalue weighted by Gasteiger charge is -2.12. The summed E-state index contributed by atoms with van der Waals surface area (Å²) in [6.45, 7) is 0. The van der Waals surface area contributed by atoms with Gasteiger partial charge in [-0.3, -0.25) is 0 Å². The molecule has 0 bridgehead atoms. The number of para-hydroxylation sites is 2. The molecular weight excluding hydrogens is 542 g/mol. The third-order valence-corrected chi connectivity index (χ3v) is 7.65. The van der Waals surface area contributed by atoms with E-state index < -0.39 is 0 Å². The fraction of sp³-hybridized carbons (Fsp3) is 0.0286. The summed E-state index contributed by atoms with van der Waals surface area (Å²) < 4.78 is 3.38. The lowest BCUT2D eigenvalue weighted by atomic mass is 10.1. The predicted molar refractivity (Wildman–Crippen MR) is 166 cm³/mol. The zero-order valence-corrected chi connectivity index (χ0v) is 22.7. The zero-order chi connectivity index (χ0) is 26.2. The molecule has 7 rings (SSSR count). The van der Waals surface area contributed by atoms with Gasteiger partial charge in [0.2, 0.25) is 0 Å². The van der Waals surface area contributed by atoms with Crippen LogP contribution in [0.15, 0.2) is 138 Å². The molecule has 0 fully saturated rings. The van der Waals surface area contributed by atoms with Crippen LogP contribution in [0.1, 0.15) is 12.2 Å². The van der Waals surface area contributed by atoms with E-state index in [0.29, 0.717) is 0 Å². The summed E-state index contributed by atoms with van der Waals surface area (Å²) in [7, 11) is 0. The molecule has 39 heavy (non-hydrogen) atoms. The Bertz CT molecular complexity index is 1870. The molecule has 1 aliphatic rings. The summed E-state index contributed by atoms with van der Waals surface area (Å²) in [4.78, 5) is 10.0. The van der Waals surface area contributed by atoms with Gasteiger partial charge in [-0.1, -0.05) is 107 Å². The predicted octanol–water partition coefficient (Wildman–Crippen LogP) is 9.57. The molecule has 3 nitrogen and oxygen atoms in total. The molecular formula is C35H24BrN3. The van der Waals surface area contributed by atoms with Crippen molar-refractivity contribution in [2.24, 2.45) is 0 Å². The second kappa shape index (κ2) is 9.97. The molecule has 4 aromatic carbocycles. The number of allylic oxidation sites excluding steroid dienone is 6. The lowest BCUT2D eigenvalue weighted by Crippen LogP contribution is -1.99. The van der Waals surface area contributed by atoms with Crippen molar-refractivity contribution < 1.29 is 0 Å². The highest BCUT2D eigenvalue weighted by molar-refractivity contribution is 9.10. The Labute approximate surface area is 235 Å². The molecule has 2 heterocycles. The smallest absolute Gasteiger partial charge is 0.160 e. The topological polar surface area (TPSA) is 30.7 Å². The average Bonchev–Trinajstić information content (AvgIpc) is 3.11. The summed E-state index contributed by atoms with van der Waals surface area (Å²) in [5.74, 6) is 0.733. The van der Waals surface area contributed by atoms with Crippen LogP contribution in [0.2, 0.25) is 0 Å². The minimum Gasteiger partial charge on any atom is -0.309 e. The average molecular weight is 567 g/mol. The van der Waals surface area contributed by atoms with Crippen molar-refractivity contribution in [3.8, 4) is 28.2 Å². The zero-order valence-electron chi connectivity index (χ0n) is 21.1. The van der Waals surface area contributed by atoms with Crippen molar-refractivity contribution in [2.45, 2.75) is 6.42 Å². The van der Waals surface area contributed by atoms with Crippen molar-refractivity contribution in [1.29, 1.82) is 0 Å². The third-order valence-electron chi connectivity index (χ3n) is 7.12. The van der Waals surface area contributed by atoms with Gasteiger partial charge >= 0.3 is 0 Å². The largest absolute Gasteiger partial charge is 0.309 e. The van der Waals surface area contributed by atoms with Crippen LogP contribution in [0.3, 0.4) is 0 Å². The van der Waals surface area contributed by atoms with E-state index in [4.69, 9.17) is 9.97 Å². The van der Waals surface area contributed by atoms with Crippen LogP contribution in [0.25, 0.3) is 55.6 Å². The second-order valence-corrected chi connectivity index (χ2v) is 10.5. The van der Waals surface area contributed by atoms with Crippen LogP contribution < -0.4 is 0 Å². The van der Waals surface area contributed by atoms with Gasteiger partial charge in [-0.2, -0.15) is 0 Å². The fourth-order valence-electron chi connectivity index (χ4n) is 5.22. The van der Waals surface area contributed by atoms with Crippen molar-refractivity contribution in [2.75, 3.05) is 0 Å². The van der Waals surface area contributed by atoms with Crippen LogP contribution in [-0.2, 0) is 0 Å². The van der Waals surface area contributed by atoms with E-state index in [-0.39, 0.29) is 0 Å². The molecule has 0 aliphatic heterocycles. The van der Waals surface area contributed by atoms with Gasteiger partial charge in [0.1, 0.15) is 0 Å². The van der Waals surface area contributed by atoms with Gasteiger partial charge in [-0.05, 0) is 48.9 Å². The molecule has 0 unspecified atom stereocenters. The fourth-order valence-corrected chi connectivity index (χ4v) is 5.48. The maximum absolute atomic E-state index is 5.03. The van der Waals surface area contributed by atoms with Gasteiger partial charge in [0.05, 0.1) is 22.4 Å². The van der Waals surface area contributed by atoms with E-state index in [1.54, 1.807) is 0 Å². The Balaban J connectivity index is 1.35. The SMILES string of the molecule is Brc1ccc(-c2cc(-c3ccc(-n4c5ccccc5c5ccccc54)cc3)nc(C3=CCC=CC=C3)n2)cc1. The van der Waals surface area contributed by atoms with E-state index in [0.717, 1.165) is 50.5 Å². The van der Waals surface area contributed by atoms with Crippen molar-refractivity contribution in [3.63, 3.8) is 0 Å². The van der Waals surface area contributed by atoms with Crippen molar-refractivity contribution in [3.05, 3.63) is 144 Å². The normalized spacial score (nSPS) is 13.1. The maximum Gasteiger partial charge on any atom is 0.160 e. The number of benzene rings is 4. The first-order chi connectivity index (χ1) is 19.2. The summed E-state index contributed by atoms with van der Waals surface area (Å²) >= 11 is 3.55. The molecule has 0 saturated heterocycles. The number of nitrogens with zero attached hydrogens (tertiary/aromatic N) is 3. The third kappa shape index (κ3) is 4.43. The summed E-state index contributed by atoms with van der Waals surface area (Å²) in [5, 5.41) is 2.52. The second-order valence-electron chi connectivity index (χ2n) is 9.57. The number of hydrogen-bond acceptors (Lipinski definition) is 2. The quantitative estimate of drug-likeness (QED) is 0.213. The Morgan fingerprint density at radius 2 is 1.23 bits per heavy atom. The molecule has 1 aliphatic carbocycles. The Morgan fingerprint density at radius 1 is 0.641 bits per heavy atom. The minimum atomic E-state index is 0.733. The van der Waals surface area contributed by atoms with Gasteiger partial charge in [0, 0.05) is 37.6 Å². The first-order valence-corrected chi connectivity index (χ1v) is 13.8. The molecule has 0 saturated carbocycles. The molecule has 186 valence electrons. The Hall–Kier alpha value is -4.54. The standard InChI is InChI=1S/C35H24BrN3/c36-27-19-15-24(16-20-27)31-23-32(38-35(37-31)26-9-3-1-2-4-10-26)25-17-21-28(22-18-25)39-33-13-7-5-11-29(33)30-12-6-8-14-34(30)39/h1-3,5-23H,4H2. The molecule has 0 radical (unpaired) electrons. The highest BCUT2D eigenvalue weighted by Crippen LogP contribution is 2.33. The van der Waals surface area contributed by atoms with E-state index in [1.807, 2.05) is 12.1 Å². The van der Waals surface area contributed by atoms with E-state index in [2.05, 4.69) is 142 Å². The summed E-state index contributed by atoms with van der Waals surface area (Å²) in [6.07, 6.45) is 11.4. The van der Waals surface area contributed by atoms with Crippen molar-refractivity contribution in [1.82, 2.24) is 14.5 Å². The van der Waals surface area contributed by atoms with Gasteiger partial charge in [-0.25, -0.2) is 9.97 Å². The maximum atomic E-state index is 5.03. The van der Waals surface area contributed by atoms with Gasteiger partial charge in [-0.15, -0.1) is 0 Å². The molecule has 0 amide bonds. The minimum absolute atomic E-state index is 0.733. The lowest BCUT2D eigenvalue weighted by molar-refractivity contribution is 1.12. The number of hydrogen-bond donors (Lipinski definition) is 0. The summed E-state index contributed by atoms with van der Waals surface area (Å²) in [5.41, 5.74) is 8.47. The van der Waals surface area contributed by atoms with Gasteiger partial charge in [0.25, 0.3) is 0 Å². The first kappa shape index (κ1) is 23.6. The van der Waals surface area contributed by atoms with E-state index in [1.165, 1.54) is 21.8 Å². The molecule has 0 spiro atoms. The van der Waals surface area contributed by atoms with Crippen LogP contribution >= 0.6 is 15.9 Å². The monoisotopic (exact) mass is 565 g/mol. The van der Waals surface area contributed by atoms with Crippen molar-refractivity contribution >= 4 is 43.3 Å². The molecule has 4 heteroatoms. The summed E-state index contributed by atoms with van der Waals surface area (Å²) in [6, 6.07) is 36.2. The molecule has 0 N–H and O–H groups in total. The van der Waals surface area contributed by atoms with Crippen LogP contribution in [0, 0.1) is 0 Å². The van der Waals surface area contributed by atoms with E-state index >= 15 is 0 Å². The molecule has 6 aromatic rings. The number of rotatable bonds is 4. The number of aromatic nitrogens is 3. The van der Waals surface area contributed by atoms with Crippen LogP contribution in [-0.4, -0.2) is 14.5 Å². The highest BCUT2D eigenvalue weighted by Gasteiger charge is 2.14. The van der Waals surface area contributed by atoms with Crippen LogP contribution in [0.5, 0.6) is 0 Å². The van der Waals surface area contributed by atoms with E-state index in [9.17, 15) is 0 Å². The Morgan fingerprint density at radius 3 is 1.87 bits per heavy atom. The number of halogens is 1. The Kier molecular flexibility index (Phi) is 6.03. The van der Waals surface area contributed by atoms with Gasteiger partial charge in [0.15, 0.2) is 5.82 Å². The molecule has 2 aromatic heterocycles. The number of fused-ring (bicyclic) bond motifs is 3. The molecule has 0 atom stereocenters. The van der Waals surface area contributed by atoms with Crippen LogP contribution in [0.4, 0.5) is 0 Å². The highest BCUT2D eigenvalue weighted by atomic mass is 79.9.